The molecule has 0 fully saturated rings. The smallest absolute Gasteiger partial charge is 0.200 e. The van der Waals surface area contributed by atoms with Crippen LogP contribution in [-0.4, -0.2) is 42.1 Å². The molecule has 0 aromatic rings. The fraction of sp³-hybridized carbons (Fsp3) is 0.867. The molecule has 4 nitrogen and oxygen atoms in total. The Morgan fingerprint density at radius 1 is 0.583 bits per heavy atom. The summed E-state index contributed by atoms with van der Waals surface area (Å²) in [7, 11) is -3.80. The first-order chi connectivity index (χ1) is 16.8. The molecule has 0 unspecified atom stereocenters. The van der Waals surface area contributed by atoms with E-state index >= 15 is 0 Å². The van der Waals surface area contributed by atoms with E-state index in [1.54, 1.807) is 0 Å². The summed E-state index contributed by atoms with van der Waals surface area (Å²) in [5.41, 5.74) is 3.50. The second-order valence-electron chi connectivity index (χ2n) is 13.0. The van der Waals surface area contributed by atoms with Crippen LogP contribution in [0.5, 0.6) is 0 Å². The van der Waals surface area contributed by atoms with Crippen LogP contribution in [0.4, 0.5) is 0 Å². The van der Waals surface area contributed by atoms with Crippen molar-refractivity contribution in [2.75, 3.05) is 13.2 Å². The van der Waals surface area contributed by atoms with E-state index in [0.29, 0.717) is 46.5 Å². The molecule has 6 heteroatoms. The molecule has 0 amide bonds. The van der Waals surface area contributed by atoms with Crippen LogP contribution in [0, 0.1) is 0 Å². The van der Waals surface area contributed by atoms with Crippen molar-refractivity contribution in [3.8, 4) is 0 Å². The molecule has 0 saturated heterocycles. The maximum Gasteiger partial charge on any atom is 0.200 e. The lowest BCUT2D eigenvalue weighted by Gasteiger charge is -2.43. The van der Waals surface area contributed by atoms with Crippen molar-refractivity contribution in [2.24, 2.45) is 0 Å². The third-order valence-corrected chi connectivity index (χ3v) is 21.1. The topological polar surface area (TPSA) is 36.9 Å². The van der Waals surface area contributed by atoms with Crippen molar-refractivity contribution < 1.29 is 18.3 Å². The number of allylic oxidation sites excluding steroid dienone is 2. The molecule has 2 aliphatic heterocycles. The molecular formula is C30H58O4Si2. The van der Waals surface area contributed by atoms with Gasteiger partial charge in [-0.1, -0.05) is 83.1 Å². The molecule has 2 heterocycles. The van der Waals surface area contributed by atoms with Gasteiger partial charge in [-0.15, -0.1) is 0 Å². The van der Waals surface area contributed by atoms with Gasteiger partial charge in [0, 0.05) is 0 Å². The molecule has 0 saturated carbocycles. The van der Waals surface area contributed by atoms with Crippen molar-refractivity contribution in [2.45, 2.75) is 154 Å². The second kappa shape index (κ2) is 13.5. The van der Waals surface area contributed by atoms with Crippen LogP contribution in [-0.2, 0) is 18.3 Å². The Balaban J connectivity index is 2.02. The van der Waals surface area contributed by atoms with Crippen molar-refractivity contribution in [3.63, 3.8) is 0 Å². The summed E-state index contributed by atoms with van der Waals surface area (Å²) in [6.45, 7) is 29.5. The maximum atomic E-state index is 6.86. The lowest BCUT2D eigenvalue weighted by Crippen LogP contribution is -2.49. The third-order valence-electron chi connectivity index (χ3n) is 8.92. The Bertz CT molecular complexity index is 634. The molecule has 0 aromatic carbocycles. The minimum atomic E-state index is -1.90. The van der Waals surface area contributed by atoms with Crippen molar-refractivity contribution in [1.29, 1.82) is 0 Å². The largest absolute Gasteiger partial charge is 0.485 e. The monoisotopic (exact) mass is 538 g/mol. The van der Waals surface area contributed by atoms with Crippen molar-refractivity contribution in [3.05, 3.63) is 23.7 Å². The zero-order chi connectivity index (χ0) is 27.3. The second-order valence-corrected chi connectivity index (χ2v) is 23.9. The zero-order valence-corrected chi connectivity index (χ0v) is 27.6. The molecular weight excluding hydrogens is 480 g/mol. The summed E-state index contributed by atoms with van der Waals surface area (Å²) in [6, 6.07) is 0. The molecule has 0 aromatic heterocycles. The van der Waals surface area contributed by atoms with Gasteiger partial charge in [-0.05, 0) is 71.1 Å². The molecule has 36 heavy (non-hydrogen) atoms. The van der Waals surface area contributed by atoms with Gasteiger partial charge in [-0.2, -0.15) is 0 Å². The highest BCUT2D eigenvalue weighted by atomic mass is 28.4. The average Bonchev–Trinajstić information content (AvgIpc) is 2.79. The minimum absolute atomic E-state index is 0.0946. The Morgan fingerprint density at radius 2 is 0.861 bits per heavy atom. The predicted octanol–water partition coefficient (Wildman–Crippen LogP) is 9.50. The summed E-state index contributed by atoms with van der Waals surface area (Å²) < 4.78 is 26.7. The third kappa shape index (κ3) is 6.89. The highest BCUT2D eigenvalue weighted by Gasteiger charge is 2.46. The number of ether oxygens (including phenoxy) is 2. The van der Waals surface area contributed by atoms with Gasteiger partial charge in [0.05, 0.1) is 13.2 Å². The lowest BCUT2D eigenvalue weighted by molar-refractivity contribution is 0.00673. The van der Waals surface area contributed by atoms with Gasteiger partial charge in [-0.3, -0.25) is 0 Å². The van der Waals surface area contributed by atoms with Crippen LogP contribution in [0.3, 0.4) is 0 Å². The highest BCUT2D eigenvalue weighted by molar-refractivity contribution is 6.78. The molecule has 0 bridgehead atoms. The van der Waals surface area contributed by atoms with Gasteiger partial charge in [0.15, 0.2) is 11.5 Å². The highest BCUT2D eigenvalue weighted by Crippen LogP contribution is 2.44. The van der Waals surface area contributed by atoms with E-state index in [9.17, 15) is 0 Å². The molecule has 0 N–H and O–H groups in total. The molecule has 0 radical (unpaired) electrons. The molecule has 2 rings (SSSR count). The summed E-state index contributed by atoms with van der Waals surface area (Å²) in [6.07, 6.45) is 8.64. The van der Waals surface area contributed by atoms with E-state index in [1.165, 1.54) is 0 Å². The first-order valence-electron chi connectivity index (χ1n) is 14.8. The summed E-state index contributed by atoms with van der Waals surface area (Å²) >= 11 is 0. The lowest BCUT2D eigenvalue weighted by atomic mass is 10.1. The van der Waals surface area contributed by atoms with Gasteiger partial charge in [-0.25, -0.2) is 0 Å². The van der Waals surface area contributed by atoms with Crippen molar-refractivity contribution in [1.82, 2.24) is 0 Å². The van der Waals surface area contributed by atoms with Gasteiger partial charge in [0.2, 0.25) is 16.6 Å². The van der Waals surface area contributed by atoms with Gasteiger partial charge in [0.1, 0.15) is 12.2 Å². The molecule has 2 atom stereocenters. The van der Waals surface area contributed by atoms with E-state index < -0.39 is 16.6 Å². The standard InChI is InChI=1S/C30H58O4Si2/c1-21(2)35(22(3)4,23(5)6)31-19-27-15-13-17-29(33-27)30-18-14-16-28(34-30)20-32-36(24(7)8,25(9)10)26(11)12/h17-18,21-28H,13-16,19-20H2,1-12H3/t27-,28-/m0/s1. The van der Waals surface area contributed by atoms with Crippen LogP contribution < -0.4 is 0 Å². The van der Waals surface area contributed by atoms with E-state index in [4.69, 9.17) is 18.3 Å². The SMILES string of the molecule is CC(C)[Si](OC[C@@H]1CCC=C(C2=CCC[C@@H](CO[Si](C(C)C)(C(C)C)C(C)C)O2)O1)(C(C)C)C(C)C. The van der Waals surface area contributed by atoms with Crippen molar-refractivity contribution >= 4 is 16.6 Å². The predicted molar refractivity (Wildman–Crippen MR) is 158 cm³/mol. The van der Waals surface area contributed by atoms with Crippen LogP contribution in [0.2, 0.25) is 33.2 Å². The zero-order valence-electron chi connectivity index (χ0n) is 25.6. The Kier molecular flexibility index (Phi) is 11.9. The average molecular weight is 539 g/mol. The minimum Gasteiger partial charge on any atom is -0.485 e. The van der Waals surface area contributed by atoms with E-state index in [-0.39, 0.29) is 12.2 Å². The maximum absolute atomic E-state index is 6.86. The van der Waals surface area contributed by atoms with Crippen LogP contribution in [0.1, 0.15) is 109 Å². The fourth-order valence-corrected chi connectivity index (χ4v) is 18.3. The fourth-order valence-electron chi connectivity index (χ4n) is 7.40. The van der Waals surface area contributed by atoms with Crippen LogP contribution in [0.25, 0.3) is 0 Å². The Morgan fingerprint density at radius 3 is 1.11 bits per heavy atom. The molecule has 0 spiro atoms. The van der Waals surface area contributed by atoms with Crippen LogP contribution in [0.15, 0.2) is 23.7 Å². The molecule has 0 aliphatic carbocycles. The van der Waals surface area contributed by atoms with E-state index in [0.717, 1.165) is 37.2 Å². The quantitative estimate of drug-likeness (QED) is 0.219. The molecule has 210 valence electrons. The molecule has 2 aliphatic rings. The number of hydrogen-bond acceptors (Lipinski definition) is 4. The Labute approximate surface area is 225 Å². The van der Waals surface area contributed by atoms with E-state index in [1.807, 2.05) is 0 Å². The first kappa shape index (κ1) is 31.7. The normalized spacial score (nSPS) is 21.9. The summed E-state index contributed by atoms with van der Waals surface area (Å²) in [5.74, 6) is 1.82. The van der Waals surface area contributed by atoms with E-state index in [2.05, 4.69) is 95.2 Å². The van der Waals surface area contributed by atoms with Gasteiger partial charge < -0.3 is 18.3 Å². The summed E-state index contributed by atoms with van der Waals surface area (Å²) in [4.78, 5) is 0. The Hall–Kier alpha value is -0.566. The van der Waals surface area contributed by atoms with Gasteiger partial charge >= 0.3 is 0 Å². The summed E-state index contributed by atoms with van der Waals surface area (Å²) in [5, 5.41) is 0. The first-order valence-corrected chi connectivity index (χ1v) is 19.1. The number of rotatable bonds is 13. The van der Waals surface area contributed by atoms with Gasteiger partial charge in [0.25, 0.3) is 0 Å². The van der Waals surface area contributed by atoms with Crippen LogP contribution >= 0.6 is 0 Å². The number of hydrogen-bond donors (Lipinski definition) is 0.